The summed E-state index contributed by atoms with van der Waals surface area (Å²) in [5.41, 5.74) is 0.566. The Labute approximate surface area is 85.2 Å². The number of H-pyrrole nitrogens is 1. The standard InChI is InChI=1S/C8H12BrN3O/c1-2-7(9)5-10-8(13)6-3-11-12-4-6/h3-4,7H,2,5H2,1H3,(H,10,13)(H,11,12). The van der Waals surface area contributed by atoms with Crippen LogP contribution in [0.3, 0.4) is 0 Å². The molecule has 0 spiro atoms. The number of hydrogen-bond donors (Lipinski definition) is 2. The second-order valence-corrected chi connectivity index (χ2v) is 4.00. The molecule has 0 radical (unpaired) electrons. The van der Waals surface area contributed by atoms with Crippen LogP contribution in [0.25, 0.3) is 0 Å². The molecule has 1 rings (SSSR count). The molecule has 13 heavy (non-hydrogen) atoms. The molecule has 5 heteroatoms. The summed E-state index contributed by atoms with van der Waals surface area (Å²) in [4.78, 5) is 11.7. The van der Waals surface area contributed by atoms with Gasteiger partial charge in [0.2, 0.25) is 0 Å². The van der Waals surface area contributed by atoms with E-state index in [1.165, 1.54) is 6.20 Å². The summed E-state index contributed by atoms with van der Waals surface area (Å²) in [6.45, 7) is 2.70. The van der Waals surface area contributed by atoms with E-state index in [9.17, 15) is 4.79 Å². The Hall–Kier alpha value is -0.840. The van der Waals surface area contributed by atoms with Crippen LogP contribution in [-0.4, -0.2) is 27.5 Å². The second-order valence-electron chi connectivity index (χ2n) is 2.70. The zero-order valence-corrected chi connectivity index (χ0v) is 8.97. The van der Waals surface area contributed by atoms with E-state index >= 15 is 0 Å². The Morgan fingerprint density at radius 2 is 2.62 bits per heavy atom. The van der Waals surface area contributed by atoms with E-state index < -0.39 is 0 Å². The van der Waals surface area contributed by atoms with Gasteiger partial charge in [-0.05, 0) is 6.42 Å². The van der Waals surface area contributed by atoms with Crippen LogP contribution < -0.4 is 5.32 Å². The van der Waals surface area contributed by atoms with Crippen LogP contribution in [0.4, 0.5) is 0 Å². The third-order valence-corrected chi connectivity index (χ3v) is 2.66. The quantitative estimate of drug-likeness (QED) is 0.787. The topological polar surface area (TPSA) is 57.8 Å². The maximum absolute atomic E-state index is 11.3. The molecule has 0 saturated carbocycles. The number of nitrogens with zero attached hydrogens (tertiary/aromatic N) is 1. The lowest BCUT2D eigenvalue weighted by Gasteiger charge is -2.07. The molecule has 0 fully saturated rings. The summed E-state index contributed by atoms with van der Waals surface area (Å²) in [5.74, 6) is -0.0911. The number of amides is 1. The van der Waals surface area contributed by atoms with Gasteiger partial charge in [-0.1, -0.05) is 22.9 Å². The fourth-order valence-electron chi connectivity index (χ4n) is 0.825. The van der Waals surface area contributed by atoms with Crippen molar-refractivity contribution < 1.29 is 4.79 Å². The average Bonchev–Trinajstić information content (AvgIpc) is 2.66. The predicted octanol–water partition coefficient (Wildman–Crippen LogP) is 1.31. The Kier molecular flexibility index (Phi) is 3.95. The van der Waals surface area contributed by atoms with Gasteiger partial charge in [0.1, 0.15) is 0 Å². The van der Waals surface area contributed by atoms with Crippen molar-refractivity contribution in [1.82, 2.24) is 15.5 Å². The van der Waals surface area contributed by atoms with Crippen molar-refractivity contribution in [3.8, 4) is 0 Å². The molecule has 1 amide bonds. The maximum Gasteiger partial charge on any atom is 0.254 e. The molecule has 4 nitrogen and oxygen atoms in total. The number of nitrogens with one attached hydrogen (secondary N) is 2. The second kappa shape index (κ2) is 5.01. The highest BCUT2D eigenvalue weighted by atomic mass is 79.9. The summed E-state index contributed by atoms with van der Waals surface area (Å²) in [7, 11) is 0. The fourth-order valence-corrected chi connectivity index (χ4v) is 0.987. The molecule has 1 unspecified atom stereocenters. The van der Waals surface area contributed by atoms with Gasteiger partial charge < -0.3 is 5.32 Å². The van der Waals surface area contributed by atoms with Crippen LogP contribution in [0, 0.1) is 0 Å². The molecule has 1 heterocycles. The lowest BCUT2D eigenvalue weighted by Crippen LogP contribution is -2.28. The summed E-state index contributed by atoms with van der Waals surface area (Å²) >= 11 is 3.43. The van der Waals surface area contributed by atoms with Crippen molar-refractivity contribution in [3.63, 3.8) is 0 Å². The largest absolute Gasteiger partial charge is 0.351 e. The van der Waals surface area contributed by atoms with E-state index in [-0.39, 0.29) is 5.91 Å². The van der Waals surface area contributed by atoms with E-state index in [0.717, 1.165) is 6.42 Å². The van der Waals surface area contributed by atoms with Gasteiger partial charge in [-0.15, -0.1) is 0 Å². The molecule has 0 saturated heterocycles. The molecule has 72 valence electrons. The number of hydrogen-bond acceptors (Lipinski definition) is 2. The minimum Gasteiger partial charge on any atom is -0.351 e. The van der Waals surface area contributed by atoms with E-state index in [0.29, 0.717) is 16.9 Å². The van der Waals surface area contributed by atoms with Gasteiger partial charge in [0.25, 0.3) is 5.91 Å². The van der Waals surface area contributed by atoms with Gasteiger partial charge in [0, 0.05) is 17.6 Å². The molecular weight excluding hydrogens is 234 g/mol. The third-order valence-electron chi connectivity index (χ3n) is 1.69. The summed E-state index contributed by atoms with van der Waals surface area (Å²) in [6.07, 6.45) is 4.07. The van der Waals surface area contributed by atoms with Gasteiger partial charge in [-0.3, -0.25) is 9.89 Å². The Morgan fingerprint density at radius 3 is 3.15 bits per heavy atom. The maximum atomic E-state index is 11.3. The first-order chi connectivity index (χ1) is 6.24. The molecule has 0 aromatic carbocycles. The normalized spacial score (nSPS) is 12.5. The SMILES string of the molecule is CCC(Br)CNC(=O)c1cn[nH]c1. The van der Waals surface area contributed by atoms with Crippen LogP contribution in [0.1, 0.15) is 23.7 Å². The number of rotatable bonds is 4. The van der Waals surface area contributed by atoms with Crippen molar-refractivity contribution in [2.24, 2.45) is 0 Å². The van der Waals surface area contributed by atoms with Crippen LogP contribution in [0.15, 0.2) is 12.4 Å². The zero-order valence-electron chi connectivity index (χ0n) is 7.38. The summed E-state index contributed by atoms with van der Waals surface area (Å²) < 4.78 is 0. The van der Waals surface area contributed by atoms with Crippen LogP contribution in [0.2, 0.25) is 0 Å². The third kappa shape index (κ3) is 3.18. The smallest absolute Gasteiger partial charge is 0.254 e. The average molecular weight is 246 g/mol. The van der Waals surface area contributed by atoms with Gasteiger partial charge >= 0.3 is 0 Å². The molecule has 1 atom stereocenters. The van der Waals surface area contributed by atoms with Gasteiger partial charge in [0.15, 0.2) is 0 Å². The van der Waals surface area contributed by atoms with Crippen LogP contribution in [-0.2, 0) is 0 Å². The highest BCUT2D eigenvalue weighted by Gasteiger charge is 2.07. The van der Waals surface area contributed by atoms with Crippen molar-refractivity contribution in [3.05, 3.63) is 18.0 Å². The Balaban J connectivity index is 2.35. The summed E-state index contributed by atoms with van der Waals surface area (Å²) in [5, 5.41) is 9.07. The van der Waals surface area contributed by atoms with Crippen molar-refractivity contribution >= 4 is 21.8 Å². The van der Waals surface area contributed by atoms with Crippen LogP contribution >= 0.6 is 15.9 Å². The minimum absolute atomic E-state index is 0.0911. The number of carbonyl (C=O) groups excluding carboxylic acids is 1. The fraction of sp³-hybridized carbons (Fsp3) is 0.500. The Morgan fingerprint density at radius 1 is 1.85 bits per heavy atom. The molecule has 2 N–H and O–H groups in total. The first-order valence-corrected chi connectivity index (χ1v) is 5.06. The molecule has 1 aromatic rings. The minimum atomic E-state index is -0.0911. The van der Waals surface area contributed by atoms with E-state index in [1.807, 2.05) is 0 Å². The predicted molar refractivity (Wildman–Crippen MR) is 53.9 cm³/mol. The molecule has 0 aliphatic carbocycles. The first kappa shape index (κ1) is 10.2. The van der Waals surface area contributed by atoms with E-state index in [2.05, 4.69) is 38.4 Å². The monoisotopic (exact) mass is 245 g/mol. The Bertz CT molecular complexity index is 260. The molecule has 0 bridgehead atoms. The van der Waals surface area contributed by atoms with Gasteiger partial charge in [-0.2, -0.15) is 5.10 Å². The van der Waals surface area contributed by atoms with Gasteiger partial charge in [0.05, 0.1) is 11.8 Å². The molecule has 1 aromatic heterocycles. The number of alkyl halides is 1. The summed E-state index contributed by atoms with van der Waals surface area (Å²) in [6, 6.07) is 0. The van der Waals surface area contributed by atoms with Crippen molar-refractivity contribution in [2.45, 2.75) is 18.2 Å². The zero-order chi connectivity index (χ0) is 9.68. The molecule has 0 aliphatic rings. The van der Waals surface area contributed by atoms with Crippen molar-refractivity contribution in [1.29, 1.82) is 0 Å². The van der Waals surface area contributed by atoms with Crippen molar-refractivity contribution in [2.75, 3.05) is 6.54 Å². The van der Waals surface area contributed by atoms with Gasteiger partial charge in [-0.25, -0.2) is 0 Å². The first-order valence-electron chi connectivity index (χ1n) is 4.15. The molecule has 0 aliphatic heterocycles. The molecular formula is C8H12BrN3O. The van der Waals surface area contributed by atoms with E-state index in [1.54, 1.807) is 6.20 Å². The number of carbonyl (C=O) groups is 1. The number of aromatic nitrogens is 2. The highest BCUT2D eigenvalue weighted by molar-refractivity contribution is 9.09. The number of aromatic amines is 1. The van der Waals surface area contributed by atoms with E-state index in [4.69, 9.17) is 0 Å². The highest BCUT2D eigenvalue weighted by Crippen LogP contribution is 2.02. The van der Waals surface area contributed by atoms with Crippen LogP contribution in [0.5, 0.6) is 0 Å². The lowest BCUT2D eigenvalue weighted by atomic mass is 10.3. The lowest BCUT2D eigenvalue weighted by molar-refractivity contribution is 0.0954. The number of halogens is 1.